The summed E-state index contributed by atoms with van der Waals surface area (Å²) in [6.07, 6.45) is 3.30. The van der Waals surface area contributed by atoms with Gasteiger partial charge in [0.25, 0.3) is 0 Å². The highest BCUT2D eigenvalue weighted by atomic mass is 32.2. The monoisotopic (exact) mass is 461 g/mol. The van der Waals surface area contributed by atoms with Gasteiger partial charge >= 0.3 is 0 Å². The van der Waals surface area contributed by atoms with Crippen LogP contribution in [0, 0.1) is 11.3 Å². The van der Waals surface area contributed by atoms with Gasteiger partial charge in [-0.05, 0) is 37.6 Å². The molecule has 7 nitrogen and oxygen atoms in total. The van der Waals surface area contributed by atoms with Crippen molar-refractivity contribution in [1.29, 1.82) is 5.26 Å². The van der Waals surface area contributed by atoms with Gasteiger partial charge in [0.05, 0.1) is 38.6 Å². The van der Waals surface area contributed by atoms with Crippen LogP contribution in [-0.4, -0.2) is 27.4 Å². The van der Waals surface area contributed by atoms with Crippen LogP contribution in [-0.2, 0) is 9.59 Å². The Kier molecular flexibility index (Phi) is 6.35. The van der Waals surface area contributed by atoms with Gasteiger partial charge in [-0.1, -0.05) is 41.3 Å². The number of aromatic nitrogens is 2. The van der Waals surface area contributed by atoms with Crippen LogP contribution < -0.4 is 10.6 Å². The van der Waals surface area contributed by atoms with Gasteiger partial charge in [-0.2, -0.15) is 5.26 Å². The number of ketones is 1. The molecule has 1 amide bonds. The van der Waals surface area contributed by atoms with Gasteiger partial charge < -0.3 is 10.6 Å². The average Bonchev–Trinajstić information content (AvgIpc) is 3.19. The van der Waals surface area contributed by atoms with Gasteiger partial charge in [0.1, 0.15) is 0 Å². The summed E-state index contributed by atoms with van der Waals surface area (Å²) in [6.45, 7) is 3.29. The van der Waals surface area contributed by atoms with Gasteiger partial charge in [0.2, 0.25) is 5.91 Å². The number of pyridine rings is 1. The van der Waals surface area contributed by atoms with Crippen LogP contribution >= 0.6 is 23.1 Å². The molecule has 9 heteroatoms. The number of amides is 1. The molecule has 0 radical (unpaired) electrons. The second-order valence-electron chi connectivity index (χ2n) is 7.12. The molecule has 1 aliphatic rings. The number of benzene rings is 1. The summed E-state index contributed by atoms with van der Waals surface area (Å²) < 4.78 is 0.996. The standard InChI is InChI=1S/C23H19N5O2S2/c1-13-20(14(2)29)21(15-6-5-9-25-11-15)16(10-24)22(26-13)31-12-19(30)28-23-27-17-7-3-4-8-18(17)32-23/h3-9,11,21,26H,12H2,1-2H3,(H,27,28,30)/t21-/m0/s1. The summed E-state index contributed by atoms with van der Waals surface area (Å²) in [5.41, 5.74) is 3.18. The second-order valence-corrected chi connectivity index (χ2v) is 9.13. The maximum atomic E-state index is 12.6. The van der Waals surface area contributed by atoms with E-state index in [4.69, 9.17) is 0 Å². The molecule has 1 aliphatic heterocycles. The van der Waals surface area contributed by atoms with Gasteiger partial charge in [-0.25, -0.2) is 4.98 Å². The van der Waals surface area contributed by atoms with Crippen molar-refractivity contribution in [3.63, 3.8) is 0 Å². The Balaban J connectivity index is 1.55. The highest BCUT2D eigenvalue weighted by Gasteiger charge is 2.33. The smallest absolute Gasteiger partial charge is 0.236 e. The van der Waals surface area contributed by atoms with Crippen molar-refractivity contribution in [2.75, 3.05) is 11.1 Å². The number of hydrogen-bond donors (Lipinski definition) is 2. The van der Waals surface area contributed by atoms with E-state index < -0.39 is 5.92 Å². The third-order valence-electron chi connectivity index (χ3n) is 4.93. The number of Topliss-reactive ketones (excluding diaryl/α,β-unsaturated/α-hetero) is 1. The van der Waals surface area contributed by atoms with Gasteiger partial charge in [-0.3, -0.25) is 14.6 Å². The van der Waals surface area contributed by atoms with Crippen molar-refractivity contribution in [1.82, 2.24) is 15.3 Å². The van der Waals surface area contributed by atoms with E-state index in [0.717, 1.165) is 15.8 Å². The van der Waals surface area contributed by atoms with Gasteiger partial charge in [-0.15, -0.1) is 0 Å². The number of nitrogens with zero attached hydrogens (tertiary/aromatic N) is 3. The number of carbonyl (C=O) groups is 2. The maximum Gasteiger partial charge on any atom is 0.236 e. The minimum absolute atomic E-state index is 0.0892. The van der Waals surface area contributed by atoms with E-state index in [0.29, 0.717) is 27.0 Å². The summed E-state index contributed by atoms with van der Waals surface area (Å²) >= 11 is 2.63. The Morgan fingerprint density at radius 1 is 1.28 bits per heavy atom. The number of fused-ring (bicyclic) bond motifs is 1. The van der Waals surface area contributed by atoms with Crippen LogP contribution in [0.15, 0.2) is 70.7 Å². The lowest BCUT2D eigenvalue weighted by molar-refractivity contribution is -0.114. The number of dihydropyridines is 1. The number of nitrogens with one attached hydrogen (secondary N) is 2. The van der Waals surface area contributed by atoms with Crippen molar-refractivity contribution >= 4 is 50.1 Å². The molecule has 32 heavy (non-hydrogen) atoms. The normalized spacial score (nSPS) is 16.0. The molecule has 160 valence electrons. The van der Waals surface area contributed by atoms with Crippen molar-refractivity contribution in [2.45, 2.75) is 19.8 Å². The Hall–Kier alpha value is -3.48. The molecular formula is C23H19N5O2S2. The first-order valence-corrected chi connectivity index (χ1v) is 11.6. The summed E-state index contributed by atoms with van der Waals surface area (Å²) in [6, 6.07) is 13.5. The van der Waals surface area contributed by atoms with Crippen LogP contribution in [0.5, 0.6) is 0 Å². The van der Waals surface area contributed by atoms with E-state index in [2.05, 4.69) is 26.7 Å². The maximum absolute atomic E-state index is 12.6. The molecule has 0 saturated heterocycles. The van der Waals surface area contributed by atoms with Crippen LogP contribution in [0.4, 0.5) is 5.13 Å². The van der Waals surface area contributed by atoms with E-state index in [-0.39, 0.29) is 17.4 Å². The Morgan fingerprint density at radius 2 is 2.09 bits per heavy atom. The topological polar surface area (TPSA) is 108 Å². The first kappa shape index (κ1) is 21.7. The third-order valence-corrected chi connectivity index (χ3v) is 6.90. The van der Waals surface area contributed by atoms with E-state index in [1.807, 2.05) is 30.3 Å². The van der Waals surface area contributed by atoms with E-state index in [9.17, 15) is 14.9 Å². The van der Waals surface area contributed by atoms with Crippen molar-refractivity contribution in [2.24, 2.45) is 0 Å². The Labute approximate surface area is 193 Å². The molecule has 0 saturated carbocycles. The van der Waals surface area contributed by atoms with Crippen LogP contribution in [0.1, 0.15) is 25.3 Å². The number of thioether (sulfide) groups is 1. The number of thiazole rings is 1. The largest absolute Gasteiger partial charge is 0.353 e. The fourth-order valence-corrected chi connectivity index (χ4v) is 5.37. The highest BCUT2D eigenvalue weighted by Crippen LogP contribution is 2.40. The number of allylic oxidation sites excluding steroid dienone is 3. The zero-order chi connectivity index (χ0) is 22.7. The number of rotatable bonds is 6. The van der Waals surface area contributed by atoms with Gasteiger partial charge in [0, 0.05) is 23.7 Å². The van der Waals surface area contributed by atoms with Crippen molar-refractivity contribution in [3.8, 4) is 6.07 Å². The molecule has 1 atom stereocenters. The first-order chi connectivity index (χ1) is 15.5. The van der Waals surface area contributed by atoms with Gasteiger partial charge in [0.15, 0.2) is 10.9 Å². The number of nitriles is 1. The minimum atomic E-state index is -0.526. The fraction of sp³-hybridized carbons (Fsp3) is 0.174. The lowest BCUT2D eigenvalue weighted by Crippen LogP contribution is -2.27. The van der Waals surface area contributed by atoms with E-state index in [1.165, 1.54) is 30.0 Å². The quantitative estimate of drug-likeness (QED) is 0.562. The number of para-hydroxylation sites is 1. The predicted molar refractivity (Wildman–Crippen MR) is 127 cm³/mol. The molecule has 2 N–H and O–H groups in total. The lowest BCUT2D eigenvalue weighted by Gasteiger charge is -2.29. The van der Waals surface area contributed by atoms with Crippen LogP contribution in [0.2, 0.25) is 0 Å². The lowest BCUT2D eigenvalue weighted by atomic mass is 9.81. The molecule has 4 rings (SSSR count). The Morgan fingerprint density at radius 3 is 2.78 bits per heavy atom. The molecule has 3 aromatic rings. The molecule has 3 heterocycles. The molecule has 0 aliphatic carbocycles. The predicted octanol–water partition coefficient (Wildman–Crippen LogP) is 4.35. The zero-order valence-electron chi connectivity index (χ0n) is 17.4. The first-order valence-electron chi connectivity index (χ1n) is 9.79. The summed E-state index contributed by atoms with van der Waals surface area (Å²) in [5, 5.41) is 17.0. The molecule has 1 aromatic carbocycles. The third kappa shape index (κ3) is 4.42. The van der Waals surface area contributed by atoms with Crippen molar-refractivity contribution in [3.05, 3.63) is 76.2 Å². The van der Waals surface area contributed by atoms with E-state index >= 15 is 0 Å². The molecule has 0 spiro atoms. The summed E-state index contributed by atoms with van der Waals surface area (Å²) in [4.78, 5) is 33.5. The molecule has 0 unspecified atom stereocenters. The molecule has 0 bridgehead atoms. The zero-order valence-corrected chi connectivity index (χ0v) is 19.0. The number of carbonyl (C=O) groups excluding carboxylic acids is 2. The minimum Gasteiger partial charge on any atom is -0.353 e. The SMILES string of the molecule is CC(=O)C1=C(C)NC(SCC(=O)Nc2nc3ccccc3s2)=C(C#N)[C@@H]1c1cccnc1. The molecule has 2 aromatic heterocycles. The number of hydrogen-bond acceptors (Lipinski definition) is 8. The molecular weight excluding hydrogens is 442 g/mol. The second kappa shape index (κ2) is 9.34. The summed E-state index contributed by atoms with van der Waals surface area (Å²) in [7, 11) is 0. The molecule has 0 fully saturated rings. The van der Waals surface area contributed by atoms with E-state index in [1.54, 1.807) is 25.4 Å². The fourth-order valence-electron chi connectivity index (χ4n) is 3.59. The average molecular weight is 462 g/mol. The van der Waals surface area contributed by atoms with Crippen LogP contribution in [0.3, 0.4) is 0 Å². The van der Waals surface area contributed by atoms with Crippen LogP contribution in [0.25, 0.3) is 10.2 Å². The van der Waals surface area contributed by atoms with Crippen molar-refractivity contribution < 1.29 is 9.59 Å². The summed E-state index contributed by atoms with van der Waals surface area (Å²) in [5.74, 6) is -0.777. The Bertz CT molecular complexity index is 1270. The number of anilines is 1. The highest BCUT2D eigenvalue weighted by molar-refractivity contribution is 8.03.